The molecule has 0 radical (unpaired) electrons. The van der Waals surface area contributed by atoms with Crippen LogP contribution in [0.25, 0.3) is 0 Å². The average molecular weight is 211 g/mol. The van der Waals surface area contributed by atoms with Crippen LogP contribution >= 0.6 is 0 Å². The van der Waals surface area contributed by atoms with E-state index in [1.165, 1.54) is 25.7 Å². The van der Waals surface area contributed by atoms with Crippen LogP contribution in [0.4, 0.5) is 4.79 Å². The van der Waals surface area contributed by atoms with Gasteiger partial charge in [-0.1, -0.05) is 0 Å². The summed E-state index contributed by atoms with van der Waals surface area (Å²) in [6.07, 6.45) is 4.88. The summed E-state index contributed by atoms with van der Waals surface area (Å²) in [5.74, 6) is 0.650. The number of nitrogens with zero attached hydrogens (tertiary/aromatic N) is 1. The van der Waals surface area contributed by atoms with Crippen molar-refractivity contribution in [1.29, 1.82) is 0 Å². The van der Waals surface area contributed by atoms with Crippen molar-refractivity contribution in [3.63, 3.8) is 0 Å². The van der Waals surface area contributed by atoms with E-state index in [1.54, 1.807) is 7.05 Å². The molecule has 4 heteroatoms. The van der Waals surface area contributed by atoms with Gasteiger partial charge in [0.25, 0.3) is 0 Å². The van der Waals surface area contributed by atoms with E-state index in [1.807, 2.05) is 4.90 Å². The van der Waals surface area contributed by atoms with Crippen molar-refractivity contribution in [3.05, 3.63) is 0 Å². The Balaban J connectivity index is 1.84. The van der Waals surface area contributed by atoms with E-state index >= 15 is 0 Å². The van der Waals surface area contributed by atoms with Gasteiger partial charge in [-0.25, -0.2) is 4.79 Å². The molecule has 86 valence electrons. The summed E-state index contributed by atoms with van der Waals surface area (Å²) in [4.78, 5) is 13.7. The molecule has 0 bridgehead atoms. The molecular weight excluding hydrogens is 190 g/mol. The molecule has 0 spiro atoms. The molecule has 0 aromatic heterocycles. The molecule has 2 aliphatic rings. The van der Waals surface area contributed by atoms with Crippen LogP contribution in [0.15, 0.2) is 0 Å². The summed E-state index contributed by atoms with van der Waals surface area (Å²) in [6.45, 7) is 3.14. The first kappa shape index (κ1) is 10.7. The number of amides is 2. The highest BCUT2D eigenvalue weighted by molar-refractivity contribution is 5.74. The second-order valence-corrected chi connectivity index (χ2v) is 4.65. The predicted molar refractivity (Wildman–Crippen MR) is 59.8 cm³/mol. The van der Waals surface area contributed by atoms with Crippen LogP contribution in [0.3, 0.4) is 0 Å². The van der Waals surface area contributed by atoms with Crippen molar-refractivity contribution >= 4 is 6.03 Å². The number of urea groups is 1. The SMILES string of the molecule is CNC(=O)N(CC1CCCNC1)C1CC1. The number of hydrogen-bond acceptors (Lipinski definition) is 2. The Bertz CT molecular complexity index is 222. The lowest BCUT2D eigenvalue weighted by atomic mass is 9.99. The lowest BCUT2D eigenvalue weighted by Gasteiger charge is -2.30. The topological polar surface area (TPSA) is 44.4 Å². The fourth-order valence-electron chi connectivity index (χ4n) is 2.29. The van der Waals surface area contributed by atoms with Crippen LogP contribution in [-0.2, 0) is 0 Å². The first-order valence-corrected chi connectivity index (χ1v) is 6.00. The van der Waals surface area contributed by atoms with E-state index in [0.29, 0.717) is 12.0 Å². The molecule has 1 aliphatic carbocycles. The Labute approximate surface area is 91.4 Å². The van der Waals surface area contributed by atoms with E-state index < -0.39 is 0 Å². The Hall–Kier alpha value is -0.770. The van der Waals surface area contributed by atoms with Gasteiger partial charge in [0.2, 0.25) is 0 Å². The van der Waals surface area contributed by atoms with Crippen molar-refractivity contribution in [2.45, 2.75) is 31.7 Å². The zero-order valence-corrected chi connectivity index (χ0v) is 9.46. The van der Waals surface area contributed by atoms with Gasteiger partial charge < -0.3 is 15.5 Å². The van der Waals surface area contributed by atoms with E-state index in [4.69, 9.17) is 0 Å². The van der Waals surface area contributed by atoms with Gasteiger partial charge in [-0.05, 0) is 44.7 Å². The standard InChI is InChI=1S/C11H21N3O/c1-12-11(15)14(10-4-5-10)8-9-3-2-6-13-7-9/h9-10,13H,2-8H2,1H3,(H,12,15). The minimum absolute atomic E-state index is 0.100. The number of carbonyl (C=O) groups is 1. The summed E-state index contributed by atoms with van der Waals surface area (Å²) in [5, 5.41) is 6.14. The van der Waals surface area contributed by atoms with E-state index in [-0.39, 0.29) is 6.03 Å². The van der Waals surface area contributed by atoms with Crippen molar-refractivity contribution in [1.82, 2.24) is 15.5 Å². The number of hydrogen-bond donors (Lipinski definition) is 2. The third-order valence-corrected chi connectivity index (χ3v) is 3.32. The minimum atomic E-state index is 0.100. The van der Waals surface area contributed by atoms with Crippen molar-refractivity contribution in [3.8, 4) is 0 Å². The second kappa shape index (κ2) is 4.84. The summed E-state index contributed by atoms with van der Waals surface area (Å²) >= 11 is 0. The van der Waals surface area contributed by atoms with E-state index in [0.717, 1.165) is 19.6 Å². The molecule has 1 saturated carbocycles. The molecule has 1 heterocycles. The first-order valence-electron chi connectivity index (χ1n) is 6.00. The second-order valence-electron chi connectivity index (χ2n) is 4.65. The van der Waals surface area contributed by atoms with E-state index in [9.17, 15) is 4.79 Å². The summed E-state index contributed by atoms with van der Waals surface area (Å²) in [7, 11) is 1.72. The number of nitrogens with one attached hydrogen (secondary N) is 2. The Kier molecular flexibility index (Phi) is 3.46. The smallest absolute Gasteiger partial charge is 0.317 e. The molecule has 2 amide bonds. The van der Waals surface area contributed by atoms with Gasteiger partial charge in [-0.2, -0.15) is 0 Å². The maximum atomic E-state index is 11.7. The van der Waals surface area contributed by atoms with Crippen LogP contribution in [0.2, 0.25) is 0 Å². The average Bonchev–Trinajstić information content (AvgIpc) is 3.10. The summed E-state index contributed by atoms with van der Waals surface area (Å²) in [6, 6.07) is 0.620. The molecule has 1 saturated heterocycles. The highest BCUT2D eigenvalue weighted by atomic mass is 16.2. The van der Waals surface area contributed by atoms with Crippen molar-refractivity contribution < 1.29 is 4.79 Å². The fourth-order valence-corrected chi connectivity index (χ4v) is 2.29. The lowest BCUT2D eigenvalue weighted by molar-refractivity contribution is 0.179. The summed E-state index contributed by atoms with van der Waals surface area (Å²) < 4.78 is 0. The number of piperidine rings is 1. The van der Waals surface area contributed by atoms with Gasteiger partial charge >= 0.3 is 6.03 Å². The first-order chi connectivity index (χ1) is 7.31. The van der Waals surface area contributed by atoms with Crippen LogP contribution in [0.5, 0.6) is 0 Å². The molecule has 15 heavy (non-hydrogen) atoms. The predicted octanol–water partition coefficient (Wildman–Crippen LogP) is 0.790. The number of carbonyl (C=O) groups excluding carboxylic acids is 1. The van der Waals surface area contributed by atoms with Gasteiger partial charge in [0.05, 0.1) is 0 Å². The van der Waals surface area contributed by atoms with Crippen LogP contribution in [0.1, 0.15) is 25.7 Å². The fraction of sp³-hybridized carbons (Fsp3) is 0.909. The molecular formula is C11H21N3O. The minimum Gasteiger partial charge on any atom is -0.341 e. The van der Waals surface area contributed by atoms with Crippen molar-refractivity contribution in [2.24, 2.45) is 5.92 Å². The zero-order chi connectivity index (χ0) is 10.7. The number of rotatable bonds is 3. The molecule has 2 N–H and O–H groups in total. The molecule has 1 unspecified atom stereocenters. The Morgan fingerprint density at radius 3 is 2.80 bits per heavy atom. The molecule has 1 aliphatic heterocycles. The van der Waals surface area contributed by atoms with Gasteiger partial charge in [-0.3, -0.25) is 0 Å². The normalized spacial score (nSPS) is 26.1. The third-order valence-electron chi connectivity index (χ3n) is 3.32. The monoisotopic (exact) mass is 211 g/mol. The maximum absolute atomic E-state index is 11.7. The van der Waals surface area contributed by atoms with Gasteiger partial charge in [0.1, 0.15) is 0 Å². The highest BCUT2D eigenvalue weighted by Gasteiger charge is 2.33. The maximum Gasteiger partial charge on any atom is 0.317 e. The van der Waals surface area contributed by atoms with Crippen molar-refractivity contribution in [2.75, 3.05) is 26.7 Å². The molecule has 1 atom stereocenters. The highest BCUT2D eigenvalue weighted by Crippen LogP contribution is 2.28. The Morgan fingerprint density at radius 1 is 1.47 bits per heavy atom. The molecule has 2 rings (SSSR count). The molecule has 0 aromatic carbocycles. The molecule has 0 aromatic rings. The van der Waals surface area contributed by atoms with Crippen LogP contribution in [0, 0.1) is 5.92 Å². The van der Waals surface area contributed by atoms with Gasteiger partial charge in [-0.15, -0.1) is 0 Å². The third kappa shape index (κ3) is 2.84. The van der Waals surface area contributed by atoms with Crippen LogP contribution in [-0.4, -0.2) is 43.7 Å². The van der Waals surface area contributed by atoms with E-state index in [2.05, 4.69) is 10.6 Å². The Morgan fingerprint density at radius 2 is 2.27 bits per heavy atom. The zero-order valence-electron chi connectivity index (χ0n) is 9.46. The largest absolute Gasteiger partial charge is 0.341 e. The molecule has 2 fully saturated rings. The van der Waals surface area contributed by atoms with Gasteiger partial charge in [0, 0.05) is 19.6 Å². The summed E-state index contributed by atoms with van der Waals surface area (Å²) in [5.41, 5.74) is 0. The quantitative estimate of drug-likeness (QED) is 0.725. The molecule has 4 nitrogen and oxygen atoms in total. The lowest BCUT2D eigenvalue weighted by Crippen LogP contribution is -2.45. The van der Waals surface area contributed by atoms with Crippen LogP contribution < -0.4 is 10.6 Å². The van der Waals surface area contributed by atoms with Gasteiger partial charge in [0.15, 0.2) is 0 Å².